The van der Waals surface area contributed by atoms with E-state index >= 15 is 0 Å². The first-order valence-corrected chi connectivity index (χ1v) is 8.73. The van der Waals surface area contributed by atoms with E-state index in [1.807, 2.05) is 18.7 Å². The Morgan fingerprint density at radius 2 is 1.83 bits per heavy atom. The Morgan fingerprint density at radius 1 is 1.22 bits per heavy atom. The molecule has 1 aromatic carbocycles. The quantitative estimate of drug-likeness (QED) is 0.876. The van der Waals surface area contributed by atoms with Crippen LogP contribution in [0.25, 0.3) is 0 Å². The van der Waals surface area contributed by atoms with Crippen molar-refractivity contribution in [2.24, 2.45) is 0 Å². The highest BCUT2D eigenvalue weighted by atomic mass is 16.5. The Kier molecular flexibility index (Phi) is 5.82. The summed E-state index contributed by atoms with van der Waals surface area (Å²) in [6.07, 6.45) is 1.80. The summed E-state index contributed by atoms with van der Waals surface area (Å²) in [7, 11) is 0. The van der Waals surface area contributed by atoms with E-state index in [4.69, 9.17) is 4.74 Å². The molecule has 1 amide bonds. The fourth-order valence-electron chi connectivity index (χ4n) is 3.71. The molecule has 1 aliphatic rings. The molecule has 4 heteroatoms. The number of ether oxygens (including phenoxy) is 1. The molecule has 0 aromatic heterocycles. The van der Waals surface area contributed by atoms with Gasteiger partial charge in [0.25, 0.3) is 0 Å². The molecule has 128 valence electrons. The van der Waals surface area contributed by atoms with Gasteiger partial charge in [-0.1, -0.05) is 42.7 Å². The number of amides is 1. The molecule has 0 radical (unpaired) electrons. The number of likely N-dealkylation sites (N-methyl/N-ethyl adjacent to an activating group) is 1. The van der Waals surface area contributed by atoms with Crippen LogP contribution in [0.5, 0.6) is 0 Å². The number of hydrogen-bond acceptors (Lipinski definition) is 3. The molecule has 1 N–H and O–H groups in total. The Hall–Kier alpha value is -1.39. The van der Waals surface area contributed by atoms with Crippen LogP contribution in [0, 0.1) is 13.8 Å². The lowest BCUT2D eigenvalue weighted by atomic mass is 9.81. The lowest BCUT2D eigenvalue weighted by Gasteiger charge is -2.36. The zero-order valence-electron chi connectivity index (χ0n) is 15.1. The van der Waals surface area contributed by atoms with Gasteiger partial charge in [-0.15, -0.1) is 0 Å². The summed E-state index contributed by atoms with van der Waals surface area (Å²) >= 11 is 0. The smallest absolute Gasteiger partial charge is 0.243 e. The van der Waals surface area contributed by atoms with Gasteiger partial charge < -0.3 is 9.64 Å². The van der Waals surface area contributed by atoms with Gasteiger partial charge in [-0.25, -0.2) is 0 Å². The van der Waals surface area contributed by atoms with Crippen molar-refractivity contribution >= 4 is 5.91 Å². The minimum Gasteiger partial charge on any atom is -0.353 e. The van der Waals surface area contributed by atoms with Crippen molar-refractivity contribution in [2.45, 2.75) is 59.1 Å². The molecule has 1 aromatic rings. The first-order valence-electron chi connectivity index (χ1n) is 8.73. The Morgan fingerprint density at radius 3 is 2.35 bits per heavy atom. The number of rotatable bonds is 6. The van der Waals surface area contributed by atoms with Gasteiger partial charge >= 0.3 is 0 Å². The number of hydrogen-bond donors (Lipinski definition) is 1. The van der Waals surface area contributed by atoms with Crippen molar-refractivity contribution in [1.29, 1.82) is 0 Å². The molecule has 2 atom stereocenters. The molecule has 1 fully saturated rings. The Bertz CT molecular complexity index is 534. The maximum atomic E-state index is 13.0. The van der Waals surface area contributed by atoms with Gasteiger partial charge in [0.2, 0.25) is 5.91 Å². The summed E-state index contributed by atoms with van der Waals surface area (Å²) < 4.78 is 6.19. The summed E-state index contributed by atoms with van der Waals surface area (Å²) in [4.78, 5) is 14.9. The fraction of sp³-hybridized carbons (Fsp3) is 0.632. The van der Waals surface area contributed by atoms with Gasteiger partial charge in [0.1, 0.15) is 11.6 Å². The molecule has 2 unspecified atom stereocenters. The van der Waals surface area contributed by atoms with Crippen LogP contribution in [0.15, 0.2) is 18.2 Å². The first-order chi connectivity index (χ1) is 11.0. The zero-order valence-corrected chi connectivity index (χ0v) is 15.1. The third-order valence-electron chi connectivity index (χ3n) is 4.74. The second kappa shape index (κ2) is 7.45. The minimum absolute atomic E-state index is 0.139. The van der Waals surface area contributed by atoms with Crippen LogP contribution >= 0.6 is 0 Å². The van der Waals surface area contributed by atoms with Crippen molar-refractivity contribution in [1.82, 2.24) is 10.2 Å². The molecule has 1 aliphatic heterocycles. The molecular weight excluding hydrogens is 288 g/mol. The zero-order chi connectivity index (χ0) is 17.0. The summed E-state index contributed by atoms with van der Waals surface area (Å²) in [6.45, 7) is 12.3. The number of benzene rings is 1. The van der Waals surface area contributed by atoms with Crippen molar-refractivity contribution in [3.05, 3.63) is 34.9 Å². The van der Waals surface area contributed by atoms with Crippen LogP contribution in [0.4, 0.5) is 0 Å². The number of carbonyl (C=O) groups is 1. The summed E-state index contributed by atoms with van der Waals surface area (Å²) in [5, 5.41) is 3.31. The molecule has 23 heavy (non-hydrogen) atoms. The topological polar surface area (TPSA) is 41.6 Å². The van der Waals surface area contributed by atoms with Gasteiger partial charge in [0.15, 0.2) is 0 Å². The molecule has 0 saturated carbocycles. The normalized spacial score (nSPS) is 24.0. The maximum Gasteiger partial charge on any atom is 0.243 e. The summed E-state index contributed by atoms with van der Waals surface area (Å²) in [5.74, 6) is 0.139. The van der Waals surface area contributed by atoms with Crippen LogP contribution in [0.1, 0.15) is 50.3 Å². The average molecular weight is 318 g/mol. The molecule has 1 saturated heterocycles. The van der Waals surface area contributed by atoms with Crippen molar-refractivity contribution < 1.29 is 9.53 Å². The molecule has 1 heterocycles. The lowest BCUT2D eigenvalue weighted by molar-refractivity contribution is -0.138. The van der Waals surface area contributed by atoms with E-state index in [0.29, 0.717) is 6.73 Å². The number of nitrogens with one attached hydrogen (secondary N) is 1. The van der Waals surface area contributed by atoms with Crippen LogP contribution in [-0.2, 0) is 15.1 Å². The Labute approximate surface area is 140 Å². The van der Waals surface area contributed by atoms with Crippen LogP contribution in [0.2, 0.25) is 0 Å². The van der Waals surface area contributed by atoms with Gasteiger partial charge in [0.05, 0.1) is 6.73 Å². The third-order valence-corrected chi connectivity index (χ3v) is 4.74. The van der Waals surface area contributed by atoms with E-state index in [-0.39, 0.29) is 11.9 Å². The van der Waals surface area contributed by atoms with Crippen molar-refractivity contribution in [2.75, 3.05) is 19.8 Å². The minimum atomic E-state index is -0.564. The van der Waals surface area contributed by atoms with Gasteiger partial charge in [-0.2, -0.15) is 0 Å². The maximum absolute atomic E-state index is 13.0. The van der Waals surface area contributed by atoms with E-state index < -0.39 is 5.60 Å². The van der Waals surface area contributed by atoms with Gasteiger partial charge in [-0.05, 0) is 39.7 Å². The van der Waals surface area contributed by atoms with Crippen molar-refractivity contribution in [3.63, 3.8) is 0 Å². The van der Waals surface area contributed by atoms with Crippen LogP contribution in [-0.4, -0.2) is 36.7 Å². The lowest BCUT2D eigenvalue weighted by Crippen LogP contribution is -2.53. The van der Waals surface area contributed by atoms with E-state index in [2.05, 4.69) is 44.3 Å². The summed E-state index contributed by atoms with van der Waals surface area (Å²) in [6, 6.07) is 6.17. The van der Waals surface area contributed by atoms with Crippen LogP contribution in [0.3, 0.4) is 0 Å². The fourth-order valence-corrected chi connectivity index (χ4v) is 3.71. The molecule has 0 aliphatic carbocycles. The predicted octanol–water partition coefficient (Wildman–Crippen LogP) is 3.11. The van der Waals surface area contributed by atoms with Gasteiger partial charge in [-0.3, -0.25) is 10.1 Å². The molecule has 0 spiro atoms. The molecular formula is C19H30N2O2. The van der Waals surface area contributed by atoms with Crippen LogP contribution < -0.4 is 5.32 Å². The molecule has 4 nitrogen and oxygen atoms in total. The third kappa shape index (κ3) is 3.43. The van der Waals surface area contributed by atoms with E-state index in [0.717, 1.165) is 31.5 Å². The average Bonchev–Trinajstić information content (AvgIpc) is 2.92. The Balaban J connectivity index is 2.47. The molecule has 2 rings (SSSR count). The highest BCUT2D eigenvalue weighted by molar-refractivity contribution is 5.84. The highest BCUT2D eigenvalue weighted by Crippen LogP contribution is 2.39. The second-order valence-electron chi connectivity index (χ2n) is 6.45. The van der Waals surface area contributed by atoms with Gasteiger partial charge in [0, 0.05) is 13.1 Å². The largest absolute Gasteiger partial charge is 0.353 e. The summed E-state index contributed by atoms with van der Waals surface area (Å²) in [5.41, 5.74) is 2.97. The second-order valence-corrected chi connectivity index (χ2v) is 6.45. The van der Waals surface area contributed by atoms with E-state index in [1.165, 1.54) is 11.1 Å². The van der Waals surface area contributed by atoms with E-state index in [9.17, 15) is 4.79 Å². The first kappa shape index (κ1) is 18.0. The molecule has 0 bridgehead atoms. The number of carbonyl (C=O) groups excluding carboxylic acids is 1. The number of nitrogens with zero attached hydrogens (tertiary/aromatic N) is 1. The standard InChI is InChI=1S/C19H30N2O2/c1-6-9-19(16-11-14(4)10-15(5)12-16)17(20-13-23-19)18(22)21(7-2)8-3/h10-12,17,20H,6-9,13H2,1-5H3. The van der Waals surface area contributed by atoms with Crippen molar-refractivity contribution in [3.8, 4) is 0 Å². The number of aryl methyl sites for hydroxylation is 2. The highest BCUT2D eigenvalue weighted by Gasteiger charge is 2.49. The predicted molar refractivity (Wildman–Crippen MR) is 93.3 cm³/mol. The van der Waals surface area contributed by atoms with E-state index in [1.54, 1.807) is 0 Å². The SMILES string of the molecule is CCCC1(c2cc(C)cc(C)c2)OCNC1C(=O)N(CC)CC. The monoisotopic (exact) mass is 318 g/mol.